The van der Waals surface area contributed by atoms with Gasteiger partial charge in [0.15, 0.2) is 0 Å². The topological polar surface area (TPSA) is 66.6 Å². The molecule has 0 atom stereocenters. The first-order valence-electron chi connectivity index (χ1n) is 6.22. The Hall–Kier alpha value is -1.62. The minimum atomic E-state index is -0.518. The molecule has 1 aromatic rings. The van der Waals surface area contributed by atoms with Crippen LogP contribution >= 0.6 is 0 Å². The maximum atomic E-state index is 10.7. The second kappa shape index (κ2) is 3.68. The molecular weight excluding hydrogens is 232 g/mol. The molecule has 0 aromatic heterocycles. The van der Waals surface area contributed by atoms with Crippen LogP contribution in [0.4, 0.5) is 11.4 Å². The van der Waals surface area contributed by atoms with Crippen molar-refractivity contribution in [1.29, 1.82) is 0 Å². The molecule has 0 radical (unpaired) electrons. The monoisotopic (exact) mass is 248 g/mol. The lowest BCUT2D eigenvalue weighted by Crippen LogP contribution is -2.63. The van der Waals surface area contributed by atoms with Crippen LogP contribution in [0.2, 0.25) is 0 Å². The Kier molecular flexibility index (Phi) is 2.35. The van der Waals surface area contributed by atoms with Crippen LogP contribution in [-0.2, 0) is 0 Å². The summed E-state index contributed by atoms with van der Waals surface area (Å²) >= 11 is 0. The number of nitrogens with zero attached hydrogens (tertiary/aromatic N) is 2. The van der Waals surface area contributed by atoms with Crippen LogP contribution in [0.1, 0.15) is 18.4 Å². The SMILES string of the molecule is Cc1cc(N2CC(O)(C3CC3)C2)ccc1[N+](=O)[O-]. The Morgan fingerprint density at radius 3 is 2.61 bits per heavy atom. The summed E-state index contributed by atoms with van der Waals surface area (Å²) in [4.78, 5) is 12.5. The lowest BCUT2D eigenvalue weighted by molar-refractivity contribution is -0.385. The van der Waals surface area contributed by atoms with E-state index >= 15 is 0 Å². The third kappa shape index (κ3) is 1.75. The van der Waals surface area contributed by atoms with Crippen LogP contribution in [0.5, 0.6) is 0 Å². The number of nitro groups is 1. The van der Waals surface area contributed by atoms with Gasteiger partial charge in [-0.2, -0.15) is 0 Å². The van der Waals surface area contributed by atoms with E-state index in [0.29, 0.717) is 24.6 Å². The summed E-state index contributed by atoms with van der Waals surface area (Å²) < 4.78 is 0. The average Bonchev–Trinajstić information content (AvgIpc) is 3.08. The maximum Gasteiger partial charge on any atom is 0.272 e. The van der Waals surface area contributed by atoms with Crippen LogP contribution in [-0.4, -0.2) is 28.7 Å². The molecule has 1 saturated carbocycles. The number of anilines is 1. The molecule has 5 heteroatoms. The molecule has 0 bridgehead atoms. The Morgan fingerprint density at radius 2 is 2.11 bits per heavy atom. The summed E-state index contributed by atoms with van der Waals surface area (Å²) in [6, 6.07) is 5.13. The van der Waals surface area contributed by atoms with Gasteiger partial charge in [0.05, 0.1) is 4.92 Å². The van der Waals surface area contributed by atoms with Crippen LogP contribution in [0.15, 0.2) is 18.2 Å². The minimum absolute atomic E-state index is 0.150. The number of rotatable bonds is 3. The predicted octanol–water partition coefficient (Wildman–Crippen LogP) is 1.86. The van der Waals surface area contributed by atoms with E-state index < -0.39 is 5.60 Å². The van der Waals surface area contributed by atoms with Crippen molar-refractivity contribution in [2.75, 3.05) is 18.0 Å². The highest BCUT2D eigenvalue weighted by molar-refractivity contribution is 5.57. The highest BCUT2D eigenvalue weighted by atomic mass is 16.6. The normalized spacial score (nSPS) is 21.6. The van der Waals surface area contributed by atoms with Gasteiger partial charge in [-0.3, -0.25) is 10.1 Å². The van der Waals surface area contributed by atoms with Crippen LogP contribution < -0.4 is 4.90 Å². The van der Waals surface area contributed by atoms with Crippen LogP contribution in [0.25, 0.3) is 0 Å². The van der Waals surface area contributed by atoms with E-state index in [1.165, 1.54) is 0 Å². The van der Waals surface area contributed by atoms with Crippen molar-refractivity contribution < 1.29 is 10.0 Å². The van der Waals surface area contributed by atoms with Crippen molar-refractivity contribution in [3.63, 3.8) is 0 Å². The van der Waals surface area contributed by atoms with Gasteiger partial charge in [-0.25, -0.2) is 0 Å². The van der Waals surface area contributed by atoms with E-state index in [4.69, 9.17) is 0 Å². The van der Waals surface area contributed by atoms with Gasteiger partial charge in [0.1, 0.15) is 5.60 Å². The second-order valence-corrected chi connectivity index (χ2v) is 5.46. The zero-order chi connectivity index (χ0) is 12.9. The predicted molar refractivity (Wildman–Crippen MR) is 67.7 cm³/mol. The summed E-state index contributed by atoms with van der Waals surface area (Å²) in [5.74, 6) is 0.466. The maximum absolute atomic E-state index is 10.7. The average molecular weight is 248 g/mol. The molecule has 1 N–H and O–H groups in total. The lowest BCUT2D eigenvalue weighted by Gasteiger charge is -2.48. The number of β-amino-alcohol motifs (C(OH)–C–C–N with tert-alkyl or cyclic N) is 1. The number of hydrogen-bond acceptors (Lipinski definition) is 4. The number of aliphatic hydroxyl groups is 1. The number of nitro benzene ring substituents is 1. The Balaban J connectivity index is 1.75. The summed E-state index contributed by atoms with van der Waals surface area (Å²) in [7, 11) is 0. The molecule has 0 spiro atoms. The number of aryl methyl sites for hydroxylation is 1. The first-order valence-corrected chi connectivity index (χ1v) is 6.22. The highest BCUT2D eigenvalue weighted by Gasteiger charge is 2.51. The van der Waals surface area contributed by atoms with Gasteiger partial charge in [-0.15, -0.1) is 0 Å². The van der Waals surface area contributed by atoms with Crippen molar-refractivity contribution in [3.05, 3.63) is 33.9 Å². The molecular formula is C13H16N2O3. The van der Waals surface area contributed by atoms with E-state index in [1.807, 2.05) is 6.07 Å². The first-order chi connectivity index (χ1) is 8.49. The zero-order valence-corrected chi connectivity index (χ0v) is 10.3. The Bertz CT molecular complexity index is 505. The fourth-order valence-corrected chi connectivity index (χ4v) is 2.72. The van der Waals surface area contributed by atoms with Crippen molar-refractivity contribution >= 4 is 11.4 Å². The number of hydrogen-bond donors (Lipinski definition) is 1. The Labute approximate surface area is 105 Å². The molecule has 3 rings (SSSR count). The van der Waals surface area contributed by atoms with E-state index in [1.54, 1.807) is 19.1 Å². The molecule has 0 amide bonds. The zero-order valence-electron chi connectivity index (χ0n) is 10.3. The van der Waals surface area contributed by atoms with Crippen molar-refractivity contribution in [2.24, 2.45) is 5.92 Å². The smallest absolute Gasteiger partial charge is 0.272 e. The molecule has 1 aliphatic heterocycles. The standard InChI is InChI=1S/C13H16N2O3/c1-9-6-11(4-5-12(9)15(17)18)14-7-13(16,8-14)10-2-3-10/h4-6,10,16H,2-3,7-8H2,1H3. The van der Waals surface area contributed by atoms with Crippen molar-refractivity contribution in [3.8, 4) is 0 Å². The van der Waals surface area contributed by atoms with Gasteiger partial charge >= 0.3 is 0 Å². The molecule has 5 nitrogen and oxygen atoms in total. The summed E-state index contributed by atoms with van der Waals surface area (Å²) in [6.07, 6.45) is 2.26. The van der Waals surface area contributed by atoms with Gasteiger partial charge in [-0.05, 0) is 37.8 Å². The van der Waals surface area contributed by atoms with Gasteiger partial charge in [0.2, 0.25) is 0 Å². The van der Waals surface area contributed by atoms with Gasteiger partial charge in [-0.1, -0.05) is 0 Å². The van der Waals surface area contributed by atoms with Crippen molar-refractivity contribution in [2.45, 2.75) is 25.4 Å². The molecule has 2 fully saturated rings. The number of benzene rings is 1. The molecule has 1 saturated heterocycles. The van der Waals surface area contributed by atoms with E-state index in [2.05, 4.69) is 4.90 Å². The quantitative estimate of drug-likeness (QED) is 0.655. The molecule has 2 aliphatic rings. The van der Waals surface area contributed by atoms with E-state index in [-0.39, 0.29) is 10.6 Å². The molecule has 1 heterocycles. The molecule has 1 aliphatic carbocycles. The van der Waals surface area contributed by atoms with Crippen molar-refractivity contribution in [1.82, 2.24) is 0 Å². The summed E-state index contributed by atoms with van der Waals surface area (Å²) in [5, 5.41) is 21.0. The van der Waals surface area contributed by atoms with Gasteiger partial charge in [0.25, 0.3) is 5.69 Å². The van der Waals surface area contributed by atoms with Gasteiger partial charge in [0, 0.05) is 30.4 Å². The second-order valence-electron chi connectivity index (χ2n) is 5.46. The Morgan fingerprint density at radius 1 is 1.44 bits per heavy atom. The third-order valence-corrected chi connectivity index (χ3v) is 4.01. The van der Waals surface area contributed by atoms with E-state index in [9.17, 15) is 15.2 Å². The molecule has 96 valence electrons. The third-order valence-electron chi connectivity index (χ3n) is 4.01. The van der Waals surface area contributed by atoms with Gasteiger partial charge < -0.3 is 10.0 Å². The lowest BCUT2D eigenvalue weighted by atomic mass is 9.88. The largest absolute Gasteiger partial charge is 0.386 e. The molecule has 1 aromatic carbocycles. The molecule has 0 unspecified atom stereocenters. The van der Waals surface area contributed by atoms with E-state index in [0.717, 1.165) is 18.5 Å². The van der Waals surface area contributed by atoms with Crippen LogP contribution in [0.3, 0.4) is 0 Å². The first kappa shape index (κ1) is 11.5. The minimum Gasteiger partial charge on any atom is -0.386 e. The highest BCUT2D eigenvalue weighted by Crippen LogP contribution is 2.45. The summed E-state index contributed by atoms with van der Waals surface area (Å²) in [6.45, 7) is 3.04. The molecule has 18 heavy (non-hydrogen) atoms. The fraction of sp³-hybridized carbons (Fsp3) is 0.538. The summed E-state index contributed by atoms with van der Waals surface area (Å²) in [5.41, 5.74) is 1.26. The fourth-order valence-electron chi connectivity index (χ4n) is 2.72. The van der Waals surface area contributed by atoms with Crippen LogP contribution in [0, 0.1) is 23.0 Å².